The van der Waals surface area contributed by atoms with Gasteiger partial charge in [0.25, 0.3) is 5.91 Å². The van der Waals surface area contributed by atoms with Gasteiger partial charge in [0.05, 0.1) is 4.47 Å². The predicted octanol–water partition coefficient (Wildman–Crippen LogP) is 3.00. The predicted molar refractivity (Wildman–Crippen MR) is 78.8 cm³/mol. The molecule has 19 heavy (non-hydrogen) atoms. The van der Waals surface area contributed by atoms with Crippen LogP contribution in [0.5, 0.6) is 0 Å². The number of benzene rings is 1. The Morgan fingerprint density at radius 1 is 1.42 bits per heavy atom. The highest BCUT2D eigenvalue weighted by atomic mass is 79.9. The lowest BCUT2D eigenvalue weighted by molar-refractivity contribution is 0.0679. The lowest BCUT2D eigenvalue weighted by atomic mass is 10.1. The van der Waals surface area contributed by atoms with Gasteiger partial charge in [-0.1, -0.05) is 0 Å². The van der Waals surface area contributed by atoms with Crippen molar-refractivity contribution in [2.24, 2.45) is 0 Å². The van der Waals surface area contributed by atoms with Crippen molar-refractivity contribution >= 4 is 21.8 Å². The molecule has 106 valence electrons. The molecule has 0 heterocycles. The fraction of sp³-hybridized carbons (Fsp3) is 0.500. The van der Waals surface area contributed by atoms with Crippen LogP contribution in [0.3, 0.4) is 0 Å². The van der Waals surface area contributed by atoms with E-state index in [4.69, 9.17) is 0 Å². The average Bonchev–Trinajstić information content (AvgIpc) is 2.32. The van der Waals surface area contributed by atoms with Gasteiger partial charge in [-0.15, -0.1) is 0 Å². The van der Waals surface area contributed by atoms with Crippen LogP contribution in [0.25, 0.3) is 0 Å². The van der Waals surface area contributed by atoms with E-state index in [-0.39, 0.29) is 17.8 Å². The van der Waals surface area contributed by atoms with Crippen molar-refractivity contribution in [3.05, 3.63) is 34.1 Å². The SMILES string of the molecule is CCN(C(=O)c1ccc(F)c(Br)c1)C(C)CN(C)C. The third-order valence-electron chi connectivity index (χ3n) is 2.93. The van der Waals surface area contributed by atoms with E-state index in [0.29, 0.717) is 16.6 Å². The van der Waals surface area contributed by atoms with E-state index in [1.165, 1.54) is 18.2 Å². The van der Waals surface area contributed by atoms with E-state index in [1.54, 1.807) is 4.90 Å². The van der Waals surface area contributed by atoms with Gasteiger partial charge in [0.15, 0.2) is 0 Å². The zero-order valence-electron chi connectivity index (χ0n) is 11.8. The van der Waals surface area contributed by atoms with Crippen molar-refractivity contribution in [1.82, 2.24) is 9.80 Å². The first-order valence-electron chi connectivity index (χ1n) is 6.27. The standard InChI is InChI=1S/C14H20BrFN2O/c1-5-18(10(2)9-17(3)4)14(19)11-6-7-13(16)12(15)8-11/h6-8,10H,5,9H2,1-4H3. The van der Waals surface area contributed by atoms with Crippen LogP contribution in [0.2, 0.25) is 0 Å². The first-order valence-corrected chi connectivity index (χ1v) is 7.06. The summed E-state index contributed by atoms with van der Waals surface area (Å²) >= 11 is 3.11. The van der Waals surface area contributed by atoms with Gasteiger partial charge < -0.3 is 9.80 Å². The molecule has 0 bridgehead atoms. The number of hydrogen-bond acceptors (Lipinski definition) is 2. The summed E-state index contributed by atoms with van der Waals surface area (Å²) in [6.07, 6.45) is 0. The number of likely N-dealkylation sites (N-methyl/N-ethyl adjacent to an activating group) is 2. The molecule has 0 fully saturated rings. The maximum atomic E-state index is 13.2. The Morgan fingerprint density at radius 3 is 2.53 bits per heavy atom. The number of carbonyl (C=O) groups is 1. The molecule has 0 saturated heterocycles. The van der Waals surface area contributed by atoms with Gasteiger partial charge in [-0.3, -0.25) is 4.79 Å². The van der Waals surface area contributed by atoms with Crippen molar-refractivity contribution in [2.75, 3.05) is 27.2 Å². The van der Waals surface area contributed by atoms with Crippen molar-refractivity contribution in [2.45, 2.75) is 19.9 Å². The third kappa shape index (κ3) is 4.28. The quantitative estimate of drug-likeness (QED) is 0.828. The van der Waals surface area contributed by atoms with E-state index in [1.807, 2.05) is 32.8 Å². The summed E-state index contributed by atoms with van der Waals surface area (Å²) in [5.74, 6) is -0.432. The van der Waals surface area contributed by atoms with Crippen molar-refractivity contribution in [1.29, 1.82) is 0 Å². The average molecular weight is 331 g/mol. The normalized spacial score (nSPS) is 12.6. The molecule has 1 amide bonds. The number of hydrogen-bond donors (Lipinski definition) is 0. The molecule has 5 heteroatoms. The fourth-order valence-corrected chi connectivity index (χ4v) is 2.46. The zero-order valence-corrected chi connectivity index (χ0v) is 13.4. The van der Waals surface area contributed by atoms with Crippen LogP contribution in [-0.4, -0.2) is 48.9 Å². The molecule has 1 atom stereocenters. The van der Waals surface area contributed by atoms with Crippen molar-refractivity contribution < 1.29 is 9.18 Å². The summed E-state index contributed by atoms with van der Waals surface area (Å²) in [6.45, 7) is 5.38. The maximum Gasteiger partial charge on any atom is 0.254 e. The van der Waals surface area contributed by atoms with Gasteiger partial charge >= 0.3 is 0 Å². The number of rotatable bonds is 5. The van der Waals surface area contributed by atoms with Crippen LogP contribution in [0.15, 0.2) is 22.7 Å². The highest BCUT2D eigenvalue weighted by Gasteiger charge is 2.21. The molecule has 1 unspecified atom stereocenters. The Labute approximate surface area is 122 Å². The summed E-state index contributed by atoms with van der Waals surface area (Å²) in [5, 5.41) is 0. The molecule has 1 rings (SSSR count). The molecular formula is C14H20BrFN2O. The Morgan fingerprint density at radius 2 is 2.05 bits per heavy atom. The third-order valence-corrected chi connectivity index (χ3v) is 3.54. The van der Waals surface area contributed by atoms with Crippen LogP contribution in [0.1, 0.15) is 24.2 Å². The second-order valence-electron chi connectivity index (χ2n) is 4.83. The number of halogens is 2. The summed E-state index contributed by atoms with van der Waals surface area (Å²) < 4.78 is 13.5. The number of carbonyl (C=O) groups excluding carboxylic acids is 1. The van der Waals surface area contributed by atoms with Gasteiger partial charge in [0, 0.05) is 24.7 Å². The van der Waals surface area contributed by atoms with E-state index in [9.17, 15) is 9.18 Å². The molecule has 0 aromatic heterocycles. The zero-order chi connectivity index (χ0) is 14.6. The van der Waals surface area contributed by atoms with E-state index in [2.05, 4.69) is 15.9 Å². The summed E-state index contributed by atoms with van der Waals surface area (Å²) in [4.78, 5) is 16.3. The molecule has 0 radical (unpaired) electrons. The van der Waals surface area contributed by atoms with Crippen molar-refractivity contribution in [3.63, 3.8) is 0 Å². The smallest absolute Gasteiger partial charge is 0.254 e. The number of amides is 1. The lowest BCUT2D eigenvalue weighted by Gasteiger charge is -2.30. The Balaban J connectivity index is 2.91. The van der Waals surface area contributed by atoms with Gasteiger partial charge in [-0.25, -0.2) is 4.39 Å². The van der Waals surface area contributed by atoms with Gasteiger partial charge in [-0.05, 0) is 62.1 Å². The first-order chi connectivity index (χ1) is 8.86. The summed E-state index contributed by atoms with van der Waals surface area (Å²) in [5.41, 5.74) is 0.501. The largest absolute Gasteiger partial charge is 0.335 e. The highest BCUT2D eigenvalue weighted by molar-refractivity contribution is 9.10. The summed E-state index contributed by atoms with van der Waals surface area (Å²) in [7, 11) is 3.95. The molecule has 0 aliphatic rings. The van der Waals surface area contributed by atoms with Crippen molar-refractivity contribution in [3.8, 4) is 0 Å². The molecule has 0 aliphatic carbocycles. The summed E-state index contributed by atoms with van der Waals surface area (Å²) in [6, 6.07) is 4.47. The molecule has 3 nitrogen and oxygen atoms in total. The minimum atomic E-state index is -0.360. The van der Waals surface area contributed by atoms with Crippen LogP contribution in [-0.2, 0) is 0 Å². The molecule has 0 saturated carbocycles. The Bertz CT molecular complexity index is 451. The van der Waals surface area contributed by atoms with Crippen LogP contribution >= 0.6 is 15.9 Å². The fourth-order valence-electron chi connectivity index (χ4n) is 2.08. The second-order valence-corrected chi connectivity index (χ2v) is 5.69. The second kappa shape index (κ2) is 7.01. The monoisotopic (exact) mass is 330 g/mol. The molecule has 0 aliphatic heterocycles. The molecule has 0 N–H and O–H groups in total. The van der Waals surface area contributed by atoms with E-state index >= 15 is 0 Å². The minimum Gasteiger partial charge on any atom is -0.335 e. The lowest BCUT2D eigenvalue weighted by Crippen LogP contribution is -2.43. The molecule has 0 spiro atoms. The Kier molecular flexibility index (Phi) is 5.94. The topological polar surface area (TPSA) is 23.6 Å². The van der Waals surface area contributed by atoms with Gasteiger partial charge in [0.1, 0.15) is 5.82 Å². The van der Waals surface area contributed by atoms with Gasteiger partial charge in [0.2, 0.25) is 0 Å². The Hall–Kier alpha value is -0.940. The first kappa shape index (κ1) is 16.1. The van der Waals surface area contributed by atoms with E-state index in [0.717, 1.165) is 6.54 Å². The van der Waals surface area contributed by atoms with Gasteiger partial charge in [-0.2, -0.15) is 0 Å². The van der Waals surface area contributed by atoms with Crippen LogP contribution in [0, 0.1) is 5.82 Å². The number of nitrogens with zero attached hydrogens (tertiary/aromatic N) is 2. The van der Waals surface area contributed by atoms with E-state index < -0.39 is 0 Å². The highest BCUT2D eigenvalue weighted by Crippen LogP contribution is 2.18. The molecule has 1 aromatic carbocycles. The van der Waals surface area contributed by atoms with Crippen LogP contribution < -0.4 is 0 Å². The minimum absolute atomic E-state index is 0.0717. The molecule has 1 aromatic rings. The maximum absolute atomic E-state index is 13.2. The molecular weight excluding hydrogens is 311 g/mol. The van der Waals surface area contributed by atoms with Crippen LogP contribution in [0.4, 0.5) is 4.39 Å².